The lowest BCUT2D eigenvalue weighted by Gasteiger charge is -2.19. The third-order valence-electron chi connectivity index (χ3n) is 3.19. The summed E-state index contributed by atoms with van der Waals surface area (Å²) in [6, 6.07) is 8.06. The average molecular weight is 217 g/mol. The molecule has 2 aliphatic heterocycles. The maximum atomic E-state index is 12.2. The summed E-state index contributed by atoms with van der Waals surface area (Å²) in [5, 5.41) is 2.04. The largest absolute Gasteiger partial charge is 0.314 e. The Morgan fingerprint density at radius 3 is 2.93 bits per heavy atom. The number of para-hydroxylation sites is 1. The molecule has 1 aromatic rings. The van der Waals surface area contributed by atoms with Crippen LogP contribution in [0.5, 0.6) is 0 Å². The van der Waals surface area contributed by atoms with Crippen molar-refractivity contribution in [3.05, 3.63) is 41.3 Å². The molecule has 0 aromatic heterocycles. The number of hydrogen-bond donors (Lipinski definition) is 0. The Morgan fingerprint density at radius 2 is 2.20 bits per heavy atom. The van der Waals surface area contributed by atoms with Crippen LogP contribution >= 0.6 is 11.8 Å². The van der Waals surface area contributed by atoms with Crippen LogP contribution in [-0.4, -0.2) is 18.7 Å². The quantitative estimate of drug-likeness (QED) is 0.663. The lowest BCUT2D eigenvalue weighted by Crippen LogP contribution is -2.37. The summed E-state index contributed by atoms with van der Waals surface area (Å²) >= 11 is 1.71. The number of likely N-dealkylation sites (N-methyl/N-ethyl adjacent to an activating group) is 1. The van der Waals surface area contributed by atoms with Gasteiger partial charge in [-0.1, -0.05) is 24.3 Å². The fourth-order valence-corrected chi connectivity index (χ4v) is 3.42. The van der Waals surface area contributed by atoms with E-state index in [2.05, 4.69) is 6.07 Å². The van der Waals surface area contributed by atoms with Crippen LogP contribution in [0.25, 0.3) is 0 Å². The molecule has 3 rings (SSSR count). The molecule has 1 unspecified atom stereocenters. The summed E-state index contributed by atoms with van der Waals surface area (Å²) < 4.78 is 0. The highest BCUT2D eigenvalue weighted by molar-refractivity contribution is 8.02. The van der Waals surface area contributed by atoms with Gasteiger partial charge in [0.2, 0.25) is 5.91 Å². The summed E-state index contributed by atoms with van der Waals surface area (Å²) in [6.07, 6.45) is 2.04. The van der Waals surface area contributed by atoms with Crippen LogP contribution in [0.15, 0.2) is 35.7 Å². The van der Waals surface area contributed by atoms with E-state index in [1.165, 1.54) is 0 Å². The van der Waals surface area contributed by atoms with E-state index >= 15 is 0 Å². The second kappa shape index (κ2) is 2.89. The number of benzene rings is 1. The van der Waals surface area contributed by atoms with Crippen LogP contribution < -0.4 is 4.90 Å². The van der Waals surface area contributed by atoms with Gasteiger partial charge in [-0.3, -0.25) is 4.79 Å². The van der Waals surface area contributed by atoms with Gasteiger partial charge in [-0.15, -0.1) is 11.8 Å². The molecule has 0 saturated heterocycles. The Morgan fingerprint density at radius 1 is 1.40 bits per heavy atom. The van der Waals surface area contributed by atoms with Crippen molar-refractivity contribution in [2.24, 2.45) is 0 Å². The van der Waals surface area contributed by atoms with Gasteiger partial charge in [0.05, 0.1) is 0 Å². The van der Waals surface area contributed by atoms with Crippen LogP contribution in [0, 0.1) is 0 Å². The number of thioether (sulfide) groups is 1. The first-order chi connectivity index (χ1) is 7.26. The van der Waals surface area contributed by atoms with Crippen molar-refractivity contribution in [1.82, 2.24) is 0 Å². The zero-order chi connectivity index (χ0) is 10.5. The number of amides is 1. The smallest absolute Gasteiger partial charge is 0.242 e. The van der Waals surface area contributed by atoms with E-state index < -0.39 is 0 Å². The molecule has 2 heterocycles. The second-order valence-corrected chi connectivity index (χ2v) is 4.86. The van der Waals surface area contributed by atoms with Crippen molar-refractivity contribution in [2.75, 3.05) is 17.7 Å². The molecule has 0 N–H and O–H groups in total. The molecular weight excluding hydrogens is 206 g/mol. The summed E-state index contributed by atoms with van der Waals surface area (Å²) in [5.41, 5.74) is 1.82. The molecule has 2 aliphatic rings. The van der Waals surface area contributed by atoms with Crippen LogP contribution in [0.1, 0.15) is 5.56 Å². The lowest BCUT2D eigenvalue weighted by molar-refractivity contribution is -0.120. The van der Waals surface area contributed by atoms with Crippen molar-refractivity contribution in [1.29, 1.82) is 0 Å². The number of carbonyl (C=O) groups excluding carboxylic acids is 1. The minimum Gasteiger partial charge on any atom is -0.314 e. The number of carbonyl (C=O) groups is 1. The molecule has 0 fully saturated rings. The molecule has 3 heteroatoms. The SMILES string of the molecule is CN1C(=O)C2(C=CSC2)c2ccccc21. The van der Waals surface area contributed by atoms with Crippen molar-refractivity contribution >= 4 is 23.4 Å². The maximum absolute atomic E-state index is 12.2. The normalized spacial score (nSPS) is 27.8. The lowest BCUT2D eigenvalue weighted by atomic mass is 9.84. The first kappa shape index (κ1) is 9.04. The van der Waals surface area contributed by atoms with Crippen LogP contribution in [0.2, 0.25) is 0 Å². The van der Waals surface area contributed by atoms with Crippen molar-refractivity contribution in [2.45, 2.75) is 5.41 Å². The van der Waals surface area contributed by atoms with E-state index in [-0.39, 0.29) is 11.3 Å². The summed E-state index contributed by atoms with van der Waals surface area (Å²) in [5.74, 6) is 1.04. The van der Waals surface area contributed by atoms with Crippen LogP contribution in [-0.2, 0) is 10.2 Å². The third-order valence-corrected chi connectivity index (χ3v) is 4.14. The maximum Gasteiger partial charge on any atom is 0.242 e. The summed E-state index contributed by atoms with van der Waals surface area (Å²) in [4.78, 5) is 14.0. The minimum atomic E-state index is -0.379. The predicted octanol–water partition coefficient (Wildman–Crippen LogP) is 2.16. The number of hydrogen-bond acceptors (Lipinski definition) is 2. The van der Waals surface area contributed by atoms with Gasteiger partial charge < -0.3 is 4.90 Å². The van der Waals surface area contributed by atoms with Gasteiger partial charge in [0.1, 0.15) is 5.41 Å². The number of nitrogens with zero attached hydrogens (tertiary/aromatic N) is 1. The molecule has 1 aromatic carbocycles. The molecular formula is C12H11NOS. The highest BCUT2D eigenvalue weighted by Gasteiger charge is 2.49. The molecule has 1 spiro atoms. The zero-order valence-electron chi connectivity index (χ0n) is 8.43. The highest BCUT2D eigenvalue weighted by atomic mass is 32.2. The fraction of sp³-hybridized carbons (Fsp3) is 0.250. The van der Waals surface area contributed by atoms with Gasteiger partial charge in [0.15, 0.2) is 0 Å². The first-order valence-corrected chi connectivity index (χ1v) is 5.97. The molecule has 0 radical (unpaired) electrons. The van der Waals surface area contributed by atoms with Gasteiger partial charge in [-0.05, 0) is 17.0 Å². The number of fused-ring (bicyclic) bond motifs is 2. The number of rotatable bonds is 0. The molecule has 0 bridgehead atoms. The molecule has 76 valence electrons. The van der Waals surface area contributed by atoms with Gasteiger partial charge in [0.25, 0.3) is 0 Å². The number of anilines is 1. The van der Waals surface area contributed by atoms with Crippen molar-refractivity contribution in [3.63, 3.8) is 0 Å². The van der Waals surface area contributed by atoms with E-state index in [4.69, 9.17) is 0 Å². The molecule has 15 heavy (non-hydrogen) atoms. The first-order valence-electron chi connectivity index (χ1n) is 4.93. The van der Waals surface area contributed by atoms with Gasteiger partial charge in [-0.2, -0.15) is 0 Å². The molecule has 1 amide bonds. The molecule has 2 nitrogen and oxygen atoms in total. The molecule has 0 saturated carbocycles. The standard InChI is InChI=1S/C12H11NOS/c1-13-10-5-3-2-4-9(10)12(11(13)14)6-7-15-8-12/h2-7H,8H2,1H3. The van der Waals surface area contributed by atoms with Crippen LogP contribution in [0.4, 0.5) is 5.69 Å². The van der Waals surface area contributed by atoms with Crippen molar-refractivity contribution in [3.8, 4) is 0 Å². The predicted molar refractivity (Wildman–Crippen MR) is 63.1 cm³/mol. The van der Waals surface area contributed by atoms with Gasteiger partial charge >= 0.3 is 0 Å². The topological polar surface area (TPSA) is 20.3 Å². The fourth-order valence-electron chi connectivity index (χ4n) is 2.36. The van der Waals surface area contributed by atoms with Gasteiger partial charge in [-0.25, -0.2) is 0 Å². The summed E-state index contributed by atoms with van der Waals surface area (Å²) in [7, 11) is 1.85. The van der Waals surface area contributed by atoms with Crippen LogP contribution in [0.3, 0.4) is 0 Å². The van der Waals surface area contributed by atoms with E-state index in [1.807, 2.05) is 36.7 Å². The van der Waals surface area contributed by atoms with E-state index in [0.717, 1.165) is 17.0 Å². The Kier molecular flexibility index (Phi) is 1.74. The average Bonchev–Trinajstić information content (AvgIpc) is 2.83. The molecule has 0 aliphatic carbocycles. The molecule has 1 atom stereocenters. The minimum absolute atomic E-state index is 0.199. The second-order valence-electron chi connectivity index (χ2n) is 3.97. The Bertz CT molecular complexity index is 468. The zero-order valence-corrected chi connectivity index (χ0v) is 9.25. The Hall–Kier alpha value is -1.22. The van der Waals surface area contributed by atoms with E-state index in [0.29, 0.717) is 0 Å². The summed E-state index contributed by atoms with van der Waals surface area (Å²) in [6.45, 7) is 0. The van der Waals surface area contributed by atoms with E-state index in [1.54, 1.807) is 16.7 Å². The van der Waals surface area contributed by atoms with Gasteiger partial charge in [0, 0.05) is 18.5 Å². The Balaban J connectivity index is 2.27. The third kappa shape index (κ3) is 0.988. The van der Waals surface area contributed by atoms with Crippen molar-refractivity contribution < 1.29 is 4.79 Å². The monoisotopic (exact) mass is 217 g/mol. The highest BCUT2D eigenvalue weighted by Crippen LogP contribution is 2.47. The van der Waals surface area contributed by atoms with E-state index in [9.17, 15) is 4.79 Å². The Labute approximate surface area is 93.0 Å².